The average Bonchev–Trinajstić information content (AvgIpc) is 2.55. The molecule has 0 bridgehead atoms. The van der Waals surface area contributed by atoms with Crippen LogP contribution in [0, 0.1) is 6.92 Å². The minimum atomic E-state index is -0.153. The Kier molecular flexibility index (Phi) is 4.69. The van der Waals surface area contributed by atoms with Gasteiger partial charge in [-0.2, -0.15) is 0 Å². The third kappa shape index (κ3) is 3.26. The zero-order valence-electron chi connectivity index (χ0n) is 13.5. The van der Waals surface area contributed by atoms with Crippen LogP contribution in [0.4, 0.5) is 5.69 Å². The molecule has 0 spiro atoms. The van der Waals surface area contributed by atoms with Gasteiger partial charge in [-0.05, 0) is 37.1 Å². The van der Waals surface area contributed by atoms with Crippen molar-refractivity contribution in [1.82, 2.24) is 4.90 Å². The fourth-order valence-corrected chi connectivity index (χ4v) is 3.28. The predicted molar refractivity (Wildman–Crippen MR) is 94.9 cm³/mol. The van der Waals surface area contributed by atoms with E-state index < -0.39 is 0 Å². The van der Waals surface area contributed by atoms with Crippen LogP contribution in [0.2, 0.25) is 5.02 Å². The zero-order valence-corrected chi connectivity index (χ0v) is 14.3. The first-order chi connectivity index (χ1) is 11.1. The topological polar surface area (TPSA) is 23.6 Å². The number of amides is 1. The smallest absolute Gasteiger partial charge is 0.244 e. The number of piperazine rings is 1. The van der Waals surface area contributed by atoms with Gasteiger partial charge in [0.25, 0.3) is 0 Å². The highest BCUT2D eigenvalue weighted by atomic mass is 35.5. The molecule has 3 nitrogen and oxygen atoms in total. The van der Waals surface area contributed by atoms with Crippen molar-refractivity contribution in [3.05, 3.63) is 64.7 Å². The molecule has 1 saturated heterocycles. The van der Waals surface area contributed by atoms with Crippen LogP contribution in [0.15, 0.2) is 48.5 Å². The zero-order chi connectivity index (χ0) is 16.4. The number of nitrogens with zero attached hydrogens (tertiary/aromatic N) is 2. The van der Waals surface area contributed by atoms with Crippen molar-refractivity contribution in [1.29, 1.82) is 0 Å². The van der Waals surface area contributed by atoms with E-state index in [0.29, 0.717) is 11.6 Å². The second kappa shape index (κ2) is 6.73. The Hall–Kier alpha value is -1.84. The molecule has 2 aromatic rings. The molecule has 2 aromatic carbocycles. The number of anilines is 1. The number of aryl methyl sites for hydroxylation is 1. The van der Waals surface area contributed by atoms with Gasteiger partial charge in [0.05, 0.1) is 16.8 Å². The van der Waals surface area contributed by atoms with Gasteiger partial charge in [0.2, 0.25) is 5.91 Å². The molecule has 1 unspecified atom stereocenters. The molecule has 120 valence electrons. The second-order valence-electron chi connectivity index (χ2n) is 6.01. The van der Waals surface area contributed by atoms with Crippen LogP contribution in [0.1, 0.15) is 18.1 Å². The lowest BCUT2D eigenvalue weighted by atomic mass is 10.1. The molecule has 1 aliphatic heterocycles. The van der Waals surface area contributed by atoms with Crippen molar-refractivity contribution in [2.45, 2.75) is 26.4 Å². The van der Waals surface area contributed by atoms with Crippen molar-refractivity contribution >= 4 is 23.2 Å². The van der Waals surface area contributed by atoms with Crippen LogP contribution >= 0.6 is 11.6 Å². The summed E-state index contributed by atoms with van der Waals surface area (Å²) in [7, 11) is 0. The van der Waals surface area contributed by atoms with E-state index >= 15 is 0 Å². The Morgan fingerprint density at radius 3 is 2.52 bits per heavy atom. The van der Waals surface area contributed by atoms with Crippen molar-refractivity contribution in [2.24, 2.45) is 0 Å². The third-order valence-corrected chi connectivity index (χ3v) is 4.88. The number of carbonyl (C=O) groups is 1. The number of hydrogen-bond donors (Lipinski definition) is 0. The molecule has 0 aromatic heterocycles. The number of hydrogen-bond acceptors (Lipinski definition) is 2. The van der Waals surface area contributed by atoms with Gasteiger partial charge >= 0.3 is 0 Å². The van der Waals surface area contributed by atoms with Crippen LogP contribution in [0.3, 0.4) is 0 Å². The summed E-state index contributed by atoms with van der Waals surface area (Å²) in [6, 6.07) is 15.7. The maximum atomic E-state index is 12.8. The number of para-hydroxylation sites is 1. The van der Waals surface area contributed by atoms with E-state index in [4.69, 9.17) is 11.6 Å². The molecule has 0 aliphatic carbocycles. The van der Waals surface area contributed by atoms with Gasteiger partial charge in [-0.1, -0.05) is 48.0 Å². The Morgan fingerprint density at radius 1 is 1.09 bits per heavy atom. The van der Waals surface area contributed by atoms with Crippen molar-refractivity contribution in [2.75, 3.05) is 18.0 Å². The lowest BCUT2D eigenvalue weighted by Gasteiger charge is -2.39. The number of halogens is 1. The first-order valence-corrected chi connectivity index (χ1v) is 8.30. The minimum absolute atomic E-state index is 0.109. The summed E-state index contributed by atoms with van der Waals surface area (Å²) < 4.78 is 0. The van der Waals surface area contributed by atoms with Gasteiger partial charge < -0.3 is 4.90 Å². The average molecular weight is 329 g/mol. The van der Waals surface area contributed by atoms with Crippen molar-refractivity contribution < 1.29 is 4.79 Å². The molecule has 0 radical (unpaired) electrons. The Labute approximate surface area is 142 Å². The minimum Gasteiger partial charge on any atom is -0.308 e. The maximum absolute atomic E-state index is 12.8. The highest BCUT2D eigenvalue weighted by molar-refractivity contribution is 6.33. The van der Waals surface area contributed by atoms with Crippen molar-refractivity contribution in [3.63, 3.8) is 0 Å². The molecular weight excluding hydrogens is 308 g/mol. The largest absolute Gasteiger partial charge is 0.308 e. The lowest BCUT2D eigenvalue weighted by Crippen LogP contribution is -2.55. The van der Waals surface area contributed by atoms with E-state index in [2.05, 4.69) is 30.0 Å². The van der Waals surface area contributed by atoms with E-state index in [1.807, 2.05) is 37.3 Å². The molecule has 0 N–H and O–H groups in total. The second-order valence-corrected chi connectivity index (χ2v) is 6.42. The molecule has 1 atom stereocenters. The molecule has 1 amide bonds. The first kappa shape index (κ1) is 16.0. The first-order valence-electron chi connectivity index (χ1n) is 7.92. The predicted octanol–water partition coefficient (Wildman–Crippen LogP) is 3.89. The Balaban J connectivity index is 1.77. The summed E-state index contributed by atoms with van der Waals surface area (Å²) in [6.45, 7) is 6.40. The molecule has 1 fully saturated rings. The van der Waals surface area contributed by atoms with Gasteiger partial charge in [-0.25, -0.2) is 0 Å². The summed E-state index contributed by atoms with van der Waals surface area (Å²) in [4.78, 5) is 16.8. The van der Waals surface area contributed by atoms with Gasteiger partial charge in [-0.3, -0.25) is 9.69 Å². The number of rotatable bonds is 3. The van der Waals surface area contributed by atoms with E-state index in [-0.39, 0.29) is 11.9 Å². The summed E-state index contributed by atoms with van der Waals surface area (Å²) in [5, 5.41) is 0.625. The highest BCUT2D eigenvalue weighted by Crippen LogP contribution is 2.28. The van der Waals surface area contributed by atoms with Crippen LogP contribution < -0.4 is 4.90 Å². The van der Waals surface area contributed by atoms with E-state index in [9.17, 15) is 4.79 Å². The summed E-state index contributed by atoms with van der Waals surface area (Å²) in [6.07, 6.45) is 0. The van der Waals surface area contributed by atoms with Crippen LogP contribution in [0.25, 0.3) is 0 Å². The molecule has 1 heterocycles. The maximum Gasteiger partial charge on any atom is 0.244 e. The van der Waals surface area contributed by atoms with E-state index in [1.165, 1.54) is 11.1 Å². The fraction of sp³-hybridized carbons (Fsp3) is 0.316. The summed E-state index contributed by atoms with van der Waals surface area (Å²) in [5.74, 6) is 0.109. The SMILES string of the molecule is Cc1ccccc1CN1CCN(c2ccccc2Cl)C(=O)C1C. The van der Waals surface area contributed by atoms with E-state index in [0.717, 1.165) is 18.8 Å². The summed E-state index contributed by atoms with van der Waals surface area (Å²) in [5.41, 5.74) is 3.35. The van der Waals surface area contributed by atoms with Crippen LogP contribution in [-0.2, 0) is 11.3 Å². The Bertz CT molecular complexity index is 716. The molecule has 4 heteroatoms. The van der Waals surface area contributed by atoms with Gasteiger partial charge in [0, 0.05) is 19.6 Å². The third-order valence-electron chi connectivity index (χ3n) is 4.56. The van der Waals surface area contributed by atoms with E-state index in [1.54, 1.807) is 4.90 Å². The highest BCUT2D eigenvalue weighted by Gasteiger charge is 2.33. The molecule has 23 heavy (non-hydrogen) atoms. The van der Waals surface area contributed by atoms with Crippen LogP contribution in [0.5, 0.6) is 0 Å². The number of benzene rings is 2. The monoisotopic (exact) mass is 328 g/mol. The summed E-state index contributed by atoms with van der Waals surface area (Å²) >= 11 is 6.25. The van der Waals surface area contributed by atoms with Gasteiger partial charge in [-0.15, -0.1) is 0 Å². The fourth-order valence-electron chi connectivity index (χ4n) is 3.05. The quantitative estimate of drug-likeness (QED) is 0.853. The number of carbonyl (C=O) groups excluding carboxylic acids is 1. The van der Waals surface area contributed by atoms with Crippen molar-refractivity contribution in [3.8, 4) is 0 Å². The molecule has 0 saturated carbocycles. The Morgan fingerprint density at radius 2 is 1.78 bits per heavy atom. The van der Waals surface area contributed by atoms with Gasteiger partial charge in [0.1, 0.15) is 0 Å². The van der Waals surface area contributed by atoms with Crippen LogP contribution in [-0.4, -0.2) is 29.9 Å². The normalized spacial score (nSPS) is 19.2. The molecular formula is C19H21ClN2O. The standard InChI is InChI=1S/C19H21ClN2O/c1-14-7-3-4-8-16(14)13-21-11-12-22(19(23)15(21)2)18-10-6-5-9-17(18)20/h3-10,15H,11-13H2,1-2H3. The lowest BCUT2D eigenvalue weighted by molar-refractivity contribution is -0.125. The van der Waals surface area contributed by atoms with Gasteiger partial charge in [0.15, 0.2) is 0 Å². The molecule has 1 aliphatic rings. The molecule has 3 rings (SSSR count).